The van der Waals surface area contributed by atoms with Gasteiger partial charge < -0.3 is 0 Å². The van der Waals surface area contributed by atoms with Gasteiger partial charge in [0.15, 0.2) is 0 Å². The lowest BCUT2D eigenvalue weighted by Crippen LogP contribution is -1.88. The highest BCUT2D eigenvalue weighted by atomic mass is 79.9. The lowest BCUT2D eigenvalue weighted by atomic mass is 9.98. The van der Waals surface area contributed by atoms with Gasteiger partial charge in [-0.1, -0.05) is 41.4 Å². The van der Waals surface area contributed by atoms with Crippen LogP contribution in [0.4, 0.5) is 0 Å². The maximum absolute atomic E-state index is 6.14. The summed E-state index contributed by atoms with van der Waals surface area (Å²) in [5.41, 5.74) is 2.13. The van der Waals surface area contributed by atoms with E-state index in [1.54, 1.807) is 0 Å². The third-order valence-electron chi connectivity index (χ3n) is 3.21. The molecule has 0 atom stereocenters. The average molecular weight is 510 g/mol. The van der Waals surface area contributed by atoms with E-state index in [-0.39, 0.29) is 0 Å². The molecule has 0 saturated heterocycles. The Balaban J connectivity index is 2.47. The standard InChI is InChI=1S/C16H7Br3Cl2/c17-14-12-7-10(21)4-5-11(12)13(15(18)16(14)19)8-2-1-3-9(20)6-8/h1-7H. The van der Waals surface area contributed by atoms with Gasteiger partial charge in [0.2, 0.25) is 0 Å². The van der Waals surface area contributed by atoms with Crippen LogP contribution in [-0.2, 0) is 0 Å². The summed E-state index contributed by atoms with van der Waals surface area (Å²) in [6.07, 6.45) is 0. The first-order valence-corrected chi connectivity index (χ1v) is 9.14. The molecule has 0 nitrogen and oxygen atoms in total. The normalized spacial score (nSPS) is 11.1. The number of hydrogen-bond acceptors (Lipinski definition) is 0. The Morgan fingerprint density at radius 2 is 1.38 bits per heavy atom. The summed E-state index contributed by atoms with van der Waals surface area (Å²) in [5, 5.41) is 3.56. The zero-order chi connectivity index (χ0) is 15.1. The molecule has 3 aromatic carbocycles. The predicted octanol–water partition coefficient (Wildman–Crippen LogP) is 8.10. The Morgan fingerprint density at radius 1 is 0.667 bits per heavy atom. The first-order chi connectivity index (χ1) is 9.99. The van der Waals surface area contributed by atoms with Crippen molar-refractivity contribution in [2.24, 2.45) is 0 Å². The Hall–Kier alpha value is -0.0600. The van der Waals surface area contributed by atoms with E-state index >= 15 is 0 Å². The van der Waals surface area contributed by atoms with Crippen molar-refractivity contribution in [3.8, 4) is 11.1 Å². The van der Waals surface area contributed by atoms with Crippen LogP contribution in [-0.4, -0.2) is 0 Å². The van der Waals surface area contributed by atoms with Crippen LogP contribution in [0.5, 0.6) is 0 Å². The Kier molecular flexibility index (Phi) is 4.68. The van der Waals surface area contributed by atoms with Crippen molar-refractivity contribution >= 4 is 81.8 Å². The number of hydrogen-bond donors (Lipinski definition) is 0. The maximum Gasteiger partial charge on any atom is 0.0472 e. The SMILES string of the molecule is Clc1cccc(-c2c(Br)c(Br)c(Br)c3cc(Cl)ccc23)c1. The van der Waals surface area contributed by atoms with Crippen molar-refractivity contribution in [2.45, 2.75) is 0 Å². The molecule has 0 unspecified atom stereocenters. The molecule has 21 heavy (non-hydrogen) atoms. The molecule has 0 aromatic heterocycles. The molecule has 0 saturated carbocycles. The maximum atomic E-state index is 6.14. The molecule has 0 aliphatic rings. The van der Waals surface area contributed by atoms with E-state index in [9.17, 15) is 0 Å². The highest BCUT2D eigenvalue weighted by molar-refractivity contribution is 9.14. The molecule has 3 aromatic rings. The van der Waals surface area contributed by atoms with Crippen LogP contribution >= 0.6 is 71.0 Å². The van der Waals surface area contributed by atoms with E-state index in [4.69, 9.17) is 23.2 Å². The van der Waals surface area contributed by atoms with Gasteiger partial charge in [0.1, 0.15) is 0 Å². The van der Waals surface area contributed by atoms with Crippen molar-refractivity contribution in [2.75, 3.05) is 0 Å². The second kappa shape index (κ2) is 6.21. The first kappa shape index (κ1) is 15.8. The van der Waals surface area contributed by atoms with E-state index < -0.39 is 0 Å². The monoisotopic (exact) mass is 506 g/mol. The largest absolute Gasteiger partial charge is 0.0843 e. The molecule has 106 valence electrons. The lowest BCUT2D eigenvalue weighted by Gasteiger charge is -2.14. The zero-order valence-electron chi connectivity index (χ0n) is 10.4. The third-order valence-corrected chi connectivity index (χ3v) is 7.15. The Labute approximate surface area is 157 Å². The third kappa shape index (κ3) is 2.91. The van der Waals surface area contributed by atoms with Crippen molar-refractivity contribution in [3.63, 3.8) is 0 Å². The average Bonchev–Trinajstić information content (AvgIpc) is 2.46. The van der Waals surface area contributed by atoms with E-state index in [0.29, 0.717) is 10.0 Å². The van der Waals surface area contributed by atoms with Crippen molar-refractivity contribution in [1.29, 1.82) is 0 Å². The molecule has 0 radical (unpaired) electrons. The second-order valence-electron chi connectivity index (χ2n) is 4.52. The minimum Gasteiger partial charge on any atom is -0.0843 e. The molecule has 0 heterocycles. The van der Waals surface area contributed by atoms with E-state index in [1.807, 2.05) is 42.5 Å². The fraction of sp³-hybridized carbons (Fsp3) is 0. The number of fused-ring (bicyclic) bond motifs is 1. The van der Waals surface area contributed by atoms with Gasteiger partial charge in [-0.05, 0) is 88.4 Å². The van der Waals surface area contributed by atoms with Crippen LogP contribution in [0.2, 0.25) is 10.0 Å². The highest BCUT2D eigenvalue weighted by Crippen LogP contribution is 2.46. The summed E-state index contributed by atoms with van der Waals surface area (Å²) >= 11 is 23.2. The molecular formula is C16H7Br3Cl2. The van der Waals surface area contributed by atoms with Gasteiger partial charge >= 0.3 is 0 Å². The summed E-state index contributed by atoms with van der Waals surface area (Å²) in [7, 11) is 0. The summed E-state index contributed by atoms with van der Waals surface area (Å²) in [6.45, 7) is 0. The van der Waals surface area contributed by atoms with Gasteiger partial charge in [-0.15, -0.1) is 0 Å². The Morgan fingerprint density at radius 3 is 2.10 bits per heavy atom. The molecule has 0 aliphatic heterocycles. The molecule has 0 aliphatic carbocycles. The lowest BCUT2D eigenvalue weighted by molar-refractivity contribution is 1.56. The zero-order valence-corrected chi connectivity index (χ0v) is 16.7. The predicted molar refractivity (Wildman–Crippen MR) is 103 cm³/mol. The molecular weight excluding hydrogens is 503 g/mol. The van der Waals surface area contributed by atoms with Crippen LogP contribution in [0.25, 0.3) is 21.9 Å². The fourth-order valence-corrected chi connectivity index (χ4v) is 4.49. The molecule has 0 spiro atoms. The van der Waals surface area contributed by atoms with Gasteiger partial charge in [0.25, 0.3) is 0 Å². The van der Waals surface area contributed by atoms with Crippen molar-refractivity contribution in [3.05, 3.63) is 65.9 Å². The molecule has 0 bridgehead atoms. The molecule has 0 amide bonds. The summed E-state index contributed by atoms with van der Waals surface area (Å²) in [6, 6.07) is 13.7. The van der Waals surface area contributed by atoms with Crippen LogP contribution in [0.1, 0.15) is 0 Å². The van der Waals surface area contributed by atoms with Gasteiger partial charge in [-0.25, -0.2) is 0 Å². The van der Waals surface area contributed by atoms with E-state index in [1.165, 1.54) is 0 Å². The van der Waals surface area contributed by atoms with Gasteiger partial charge in [-0.2, -0.15) is 0 Å². The van der Waals surface area contributed by atoms with E-state index in [2.05, 4.69) is 47.8 Å². The van der Waals surface area contributed by atoms with Gasteiger partial charge in [0.05, 0.1) is 0 Å². The first-order valence-electron chi connectivity index (χ1n) is 6.00. The van der Waals surface area contributed by atoms with Crippen LogP contribution in [0, 0.1) is 0 Å². The molecule has 5 heteroatoms. The van der Waals surface area contributed by atoms with E-state index in [0.717, 1.165) is 35.3 Å². The van der Waals surface area contributed by atoms with Crippen molar-refractivity contribution < 1.29 is 0 Å². The topological polar surface area (TPSA) is 0 Å². The van der Waals surface area contributed by atoms with Gasteiger partial charge in [-0.3, -0.25) is 0 Å². The molecule has 0 N–H and O–H groups in total. The second-order valence-corrected chi connectivity index (χ2v) is 7.77. The highest BCUT2D eigenvalue weighted by Gasteiger charge is 2.16. The summed E-state index contributed by atoms with van der Waals surface area (Å²) in [5.74, 6) is 0. The number of halogens is 5. The van der Waals surface area contributed by atoms with Crippen LogP contribution < -0.4 is 0 Å². The minimum absolute atomic E-state index is 0.703. The fourth-order valence-electron chi connectivity index (χ4n) is 2.28. The number of benzene rings is 3. The van der Waals surface area contributed by atoms with Gasteiger partial charge in [0, 0.05) is 29.0 Å². The minimum atomic E-state index is 0.703. The number of rotatable bonds is 1. The van der Waals surface area contributed by atoms with Crippen LogP contribution in [0.15, 0.2) is 55.9 Å². The molecule has 3 rings (SSSR count). The smallest absolute Gasteiger partial charge is 0.0472 e. The van der Waals surface area contributed by atoms with Crippen LogP contribution in [0.3, 0.4) is 0 Å². The quantitative estimate of drug-likeness (QED) is 0.291. The summed E-state index contributed by atoms with van der Waals surface area (Å²) in [4.78, 5) is 0. The Bertz CT molecular complexity index is 860. The molecule has 0 fully saturated rings. The van der Waals surface area contributed by atoms with Crippen molar-refractivity contribution in [1.82, 2.24) is 0 Å². The summed E-state index contributed by atoms with van der Waals surface area (Å²) < 4.78 is 2.90.